The zero-order valence-electron chi connectivity index (χ0n) is 14.7. The predicted octanol–water partition coefficient (Wildman–Crippen LogP) is 2.16. The van der Waals surface area contributed by atoms with Crippen LogP contribution >= 0.6 is 0 Å². The lowest BCUT2D eigenvalue weighted by Crippen LogP contribution is -2.42. The average Bonchev–Trinajstić information content (AvgIpc) is 3.00. The van der Waals surface area contributed by atoms with Crippen LogP contribution in [0.3, 0.4) is 0 Å². The second kappa shape index (κ2) is 8.65. The quantitative estimate of drug-likeness (QED) is 0.589. The summed E-state index contributed by atoms with van der Waals surface area (Å²) in [7, 11) is 0. The molecule has 1 aliphatic rings. The molecule has 27 heavy (non-hydrogen) atoms. The molecular weight excluding hydrogens is 368 g/mol. The molecule has 0 aromatic heterocycles. The number of rotatable bonds is 6. The highest BCUT2D eigenvalue weighted by atomic mass is 19.2. The Morgan fingerprint density at radius 2 is 2.00 bits per heavy atom. The lowest BCUT2D eigenvalue weighted by molar-refractivity contribution is -0.164. The summed E-state index contributed by atoms with van der Waals surface area (Å²) >= 11 is 0. The van der Waals surface area contributed by atoms with Crippen molar-refractivity contribution in [3.63, 3.8) is 0 Å². The van der Waals surface area contributed by atoms with Gasteiger partial charge in [-0.2, -0.15) is 4.39 Å². The van der Waals surface area contributed by atoms with E-state index in [0.717, 1.165) is 17.9 Å². The normalized spacial score (nSPS) is 20.1. The van der Waals surface area contributed by atoms with E-state index in [1.165, 1.54) is 19.1 Å². The number of amides is 1. The first-order valence-electron chi connectivity index (χ1n) is 8.13. The van der Waals surface area contributed by atoms with Crippen molar-refractivity contribution in [3.05, 3.63) is 29.8 Å². The Balaban J connectivity index is 1.99. The maximum atomic E-state index is 13.6. The van der Waals surface area contributed by atoms with Gasteiger partial charge in [0.1, 0.15) is 6.04 Å². The number of nitrogens with zero attached hydrogens (tertiary/aromatic N) is 1. The number of ether oxygens (including phenoxy) is 3. The van der Waals surface area contributed by atoms with Gasteiger partial charge in [-0.3, -0.25) is 9.69 Å². The van der Waals surface area contributed by atoms with E-state index < -0.39 is 47.9 Å². The topological polar surface area (TPSA) is 102 Å². The molecule has 1 N–H and O–H groups in total. The van der Waals surface area contributed by atoms with Crippen LogP contribution in [0.1, 0.15) is 20.3 Å². The van der Waals surface area contributed by atoms with Crippen LogP contribution in [-0.2, 0) is 19.1 Å². The van der Waals surface area contributed by atoms with Gasteiger partial charge in [0, 0.05) is 26.3 Å². The molecule has 148 valence electrons. The van der Waals surface area contributed by atoms with Crippen LogP contribution in [0.2, 0.25) is 0 Å². The minimum absolute atomic E-state index is 0.0282. The van der Waals surface area contributed by atoms with Gasteiger partial charge in [0.25, 0.3) is 0 Å². The highest BCUT2D eigenvalue weighted by Crippen LogP contribution is 2.27. The highest BCUT2D eigenvalue weighted by molar-refractivity contribution is 5.81. The fourth-order valence-corrected chi connectivity index (χ4v) is 2.75. The molecule has 2 rings (SSSR count). The van der Waals surface area contributed by atoms with E-state index in [-0.39, 0.29) is 25.3 Å². The Labute approximate surface area is 153 Å². The van der Waals surface area contributed by atoms with Crippen LogP contribution in [0, 0.1) is 17.6 Å². The van der Waals surface area contributed by atoms with Crippen molar-refractivity contribution in [2.24, 2.45) is 5.92 Å². The van der Waals surface area contributed by atoms with Crippen LogP contribution in [0.15, 0.2) is 18.2 Å². The van der Waals surface area contributed by atoms with E-state index >= 15 is 0 Å². The number of esters is 1. The van der Waals surface area contributed by atoms with Crippen molar-refractivity contribution in [3.8, 4) is 5.75 Å². The molecule has 0 aliphatic carbocycles. The minimum Gasteiger partial charge on any atom is -0.490 e. The van der Waals surface area contributed by atoms with Gasteiger partial charge in [-0.05, 0) is 18.6 Å². The zero-order valence-corrected chi connectivity index (χ0v) is 14.7. The molecule has 3 atom stereocenters. The number of aliphatic carboxylic acids is 1. The highest BCUT2D eigenvalue weighted by Gasteiger charge is 2.41. The molecule has 1 amide bonds. The summed E-state index contributed by atoms with van der Waals surface area (Å²) in [6.07, 6.45) is -2.10. The molecule has 0 saturated carbocycles. The Morgan fingerprint density at radius 3 is 2.63 bits per heavy atom. The van der Waals surface area contributed by atoms with Crippen molar-refractivity contribution < 1.29 is 42.5 Å². The van der Waals surface area contributed by atoms with Crippen molar-refractivity contribution in [1.29, 1.82) is 0 Å². The van der Waals surface area contributed by atoms with E-state index in [4.69, 9.17) is 9.47 Å². The number of hydrogen-bond donors (Lipinski definition) is 1. The van der Waals surface area contributed by atoms with Crippen LogP contribution < -0.4 is 4.74 Å². The van der Waals surface area contributed by atoms with E-state index in [2.05, 4.69) is 4.74 Å². The number of halogens is 2. The minimum atomic E-state index is -1.24. The summed E-state index contributed by atoms with van der Waals surface area (Å²) < 4.78 is 41.6. The zero-order chi connectivity index (χ0) is 20.1. The van der Waals surface area contributed by atoms with Gasteiger partial charge in [0.05, 0.1) is 6.61 Å². The largest absolute Gasteiger partial charge is 0.490 e. The van der Waals surface area contributed by atoms with E-state index in [0.29, 0.717) is 0 Å². The predicted molar refractivity (Wildman–Crippen MR) is 85.8 cm³/mol. The summed E-state index contributed by atoms with van der Waals surface area (Å²) in [5, 5.41) is 9.31. The molecule has 1 aliphatic heterocycles. The van der Waals surface area contributed by atoms with Gasteiger partial charge in [0.2, 0.25) is 12.1 Å². The second-order valence-corrected chi connectivity index (χ2v) is 6.03. The average molecular weight is 387 g/mol. The molecule has 0 spiro atoms. The number of likely N-dealkylation sites (tertiary alicyclic amines) is 1. The Hall–Kier alpha value is -2.91. The molecule has 1 fully saturated rings. The smallest absolute Gasteiger partial charge is 0.413 e. The van der Waals surface area contributed by atoms with Gasteiger partial charge in [-0.25, -0.2) is 14.0 Å². The maximum Gasteiger partial charge on any atom is 0.413 e. The van der Waals surface area contributed by atoms with Crippen LogP contribution in [0.25, 0.3) is 0 Å². The third-order valence-corrected chi connectivity index (χ3v) is 3.90. The molecule has 1 aromatic rings. The fourth-order valence-electron chi connectivity index (χ4n) is 2.75. The molecular formula is C17H19F2NO7. The van der Waals surface area contributed by atoms with Gasteiger partial charge < -0.3 is 19.3 Å². The summed E-state index contributed by atoms with van der Waals surface area (Å²) in [5.74, 6) is -4.85. The van der Waals surface area contributed by atoms with Gasteiger partial charge in [-0.1, -0.05) is 6.07 Å². The fraction of sp³-hybridized carbons (Fsp3) is 0.471. The van der Waals surface area contributed by atoms with Crippen molar-refractivity contribution in [1.82, 2.24) is 4.90 Å². The van der Waals surface area contributed by atoms with Crippen LogP contribution in [0.4, 0.5) is 13.6 Å². The van der Waals surface area contributed by atoms with Crippen molar-refractivity contribution in [2.75, 3.05) is 13.2 Å². The first-order chi connectivity index (χ1) is 12.7. The monoisotopic (exact) mass is 387 g/mol. The summed E-state index contributed by atoms with van der Waals surface area (Å²) in [5.41, 5.74) is 0. The SMILES string of the molecule is CC(=O)O[C@@H](C)OC(=O)N1C[C@@H](COc2cccc(F)c2F)C[C@H]1C(=O)O. The molecule has 0 radical (unpaired) electrons. The lowest BCUT2D eigenvalue weighted by Gasteiger charge is -2.23. The Morgan fingerprint density at radius 1 is 1.30 bits per heavy atom. The number of carbonyl (C=O) groups is 3. The van der Waals surface area contributed by atoms with E-state index in [1.54, 1.807) is 0 Å². The van der Waals surface area contributed by atoms with Crippen LogP contribution in [0.5, 0.6) is 5.75 Å². The van der Waals surface area contributed by atoms with Crippen molar-refractivity contribution in [2.45, 2.75) is 32.6 Å². The standard InChI is InChI=1S/C17H19F2NO7/c1-9(21)26-10(2)27-17(24)20-7-11(6-13(20)16(22)23)8-25-14-5-3-4-12(18)15(14)19/h3-5,10-11,13H,6-8H2,1-2H3,(H,22,23)/t10-,11+,13+/m1/s1. The molecule has 0 unspecified atom stereocenters. The molecule has 1 heterocycles. The lowest BCUT2D eigenvalue weighted by atomic mass is 10.1. The van der Waals surface area contributed by atoms with Gasteiger partial charge in [-0.15, -0.1) is 0 Å². The Kier molecular flexibility index (Phi) is 6.54. The molecule has 1 aromatic carbocycles. The van der Waals surface area contributed by atoms with Gasteiger partial charge in [0.15, 0.2) is 11.6 Å². The van der Waals surface area contributed by atoms with Gasteiger partial charge >= 0.3 is 18.0 Å². The number of carboxylic acids is 1. The first-order valence-corrected chi connectivity index (χ1v) is 8.13. The maximum absolute atomic E-state index is 13.6. The third-order valence-electron chi connectivity index (χ3n) is 3.90. The summed E-state index contributed by atoms with van der Waals surface area (Å²) in [6, 6.07) is 2.30. The summed E-state index contributed by atoms with van der Waals surface area (Å²) in [4.78, 5) is 35.4. The number of hydrogen-bond acceptors (Lipinski definition) is 6. The molecule has 0 bridgehead atoms. The van der Waals surface area contributed by atoms with Crippen LogP contribution in [-0.4, -0.2) is 53.5 Å². The molecule has 10 heteroatoms. The van der Waals surface area contributed by atoms with E-state index in [1.807, 2.05) is 0 Å². The van der Waals surface area contributed by atoms with Crippen molar-refractivity contribution >= 4 is 18.0 Å². The molecule has 1 saturated heterocycles. The second-order valence-electron chi connectivity index (χ2n) is 6.03. The van der Waals surface area contributed by atoms with E-state index in [9.17, 15) is 28.3 Å². The number of benzene rings is 1. The third kappa shape index (κ3) is 5.28. The number of carboxylic acid groups (broad SMARTS) is 1. The Bertz CT molecular complexity index is 727. The first kappa shape index (κ1) is 20.4. The number of carbonyl (C=O) groups excluding carboxylic acids is 2. The molecule has 8 nitrogen and oxygen atoms in total. The summed E-state index contributed by atoms with van der Waals surface area (Å²) in [6.45, 7) is 2.31.